The van der Waals surface area contributed by atoms with Crippen molar-refractivity contribution in [3.8, 4) is 0 Å². The molecule has 9 heteroatoms. The average molecular weight is 351 g/mol. The highest BCUT2D eigenvalue weighted by Crippen LogP contribution is 2.19. The van der Waals surface area contributed by atoms with E-state index >= 15 is 0 Å². The van der Waals surface area contributed by atoms with Gasteiger partial charge in [0.2, 0.25) is 11.1 Å². The highest BCUT2D eigenvalue weighted by Gasteiger charge is 2.19. The monoisotopic (exact) mass is 351 g/mol. The molecule has 0 saturated carbocycles. The number of halogens is 1. The van der Waals surface area contributed by atoms with Gasteiger partial charge in [-0.05, 0) is 47.5 Å². The highest BCUT2D eigenvalue weighted by atomic mass is 32.2. The first kappa shape index (κ1) is 16.8. The molecule has 24 heavy (non-hydrogen) atoms. The van der Waals surface area contributed by atoms with Crippen molar-refractivity contribution in [3.63, 3.8) is 0 Å². The minimum atomic E-state index is -0.332. The number of tetrazole rings is 1. The van der Waals surface area contributed by atoms with Crippen LogP contribution in [0.1, 0.15) is 19.3 Å². The molecule has 1 fully saturated rings. The molecule has 3 rings (SSSR count). The molecule has 1 aliphatic heterocycles. The van der Waals surface area contributed by atoms with E-state index in [1.807, 2.05) is 0 Å². The van der Waals surface area contributed by atoms with Crippen LogP contribution < -0.4 is 5.32 Å². The van der Waals surface area contributed by atoms with Crippen LogP contribution in [0.25, 0.3) is 0 Å². The van der Waals surface area contributed by atoms with Crippen molar-refractivity contribution in [1.82, 2.24) is 20.2 Å². The maximum Gasteiger partial charge on any atom is 0.225 e. The van der Waals surface area contributed by atoms with Gasteiger partial charge in [-0.25, -0.2) is 9.07 Å². The molecule has 1 aliphatic rings. The number of rotatable bonds is 7. The van der Waals surface area contributed by atoms with Gasteiger partial charge >= 0.3 is 0 Å². The summed E-state index contributed by atoms with van der Waals surface area (Å²) in [6.45, 7) is 1.43. The number of benzene rings is 1. The van der Waals surface area contributed by atoms with Crippen LogP contribution in [0.15, 0.2) is 29.4 Å². The highest BCUT2D eigenvalue weighted by molar-refractivity contribution is 7.99. The number of hydrogen-bond donors (Lipinski definition) is 1. The maximum atomic E-state index is 12.8. The van der Waals surface area contributed by atoms with E-state index in [0.29, 0.717) is 29.6 Å². The third-order valence-electron chi connectivity index (χ3n) is 3.59. The quantitative estimate of drug-likeness (QED) is 0.770. The van der Waals surface area contributed by atoms with E-state index in [1.54, 1.807) is 4.68 Å². The third-order valence-corrected chi connectivity index (χ3v) is 4.55. The summed E-state index contributed by atoms with van der Waals surface area (Å²) in [5.41, 5.74) is 0.578. The zero-order valence-electron chi connectivity index (χ0n) is 13.0. The molecule has 7 nitrogen and oxygen atoms in total. The van der Waals surface area contributed by atoms with Crippen LogP contribution in [-0.4, -0.2) is 44.6 Å². The van der Waals surface area contributed by atoms with Gasteiger partial charge in [0.25, 0.3) is 0 Å². The summed E-state index contributed by atoms with van der Waals surface area (Å²) in [4.78, 5) is 11.9. The van der Waals surface area contributed by atoms with Crippen LogP contribution in [0.3, 0.4) is 0 Å². The van der Waals surface area contributed by atoms with Gasteiger partial charge in [-0.3, -0.25) is 4.79 Å². The van der Waals surface area contributed by atoms with Crippen LogP contribution in [-0.2, 0) is 16.1 Å². The van der Waals surface area contributed by atoms with E-state index in [1.165, 1.54) is 36.0 Å². The Morgan fingerprint density at radius 2 is 2.25 bits per heavy atom. The van der Waals surface area contributed by atoms with Crippen LogP contribution >= 0.6 is 11.8 Å². The number of nitrogens with zero attached hydrogens (tertiary/aromatic N) is 4. The second kappa shape index (κ2) is 8.20. The molecule has 1 aromatic carbocycles. The Morgan fingerprint density at radius 1 is 1.42 bits per heavy atom. The first-order valence-corrected chi connectivity index (χ1v) is 8.75. The van der Waals surface area contributed by atoms with Gasteiger partial charge < -0.3 is 10.1 Å². The third kappa shape index (κ3) is 4.75. The fraction of sp³-hybridized carbons (Fsp3) is 0.467. The van der Waals surface area contributed by atoms with Crippen molar-refractivity contribution < 1.29 is 13.9 Å². The molecule has 1 saturated heterocycles. The van der Waals surface area contributed by atoms with E-state index in [0.717, 1.165) is 19.4 Å². The van der Waals surface area contributed by atoms with Crippen LogP contribution in [0.5, 0.6) is 0 Å². The standard InChI is InChI=1S/C15H18FN5O2S/c16-11-3-5-12(6-4-11)17-14(22)7-9-24-15-18-19-20-21(15)10-13-2-1-8-23-13/h3-6,13H,1-2,7-10H2,(H,17,22). The van der Waals surface area contributed by atoms with E-state index < -0.39 is 0 Å². The summed E-state index contributed by atoms with van der Waals surface area (Å²) in [7, 11) is 0. The van der Waals surface area contributed by atoms with Gasteiger partial charge in [0, 0.05) is 24.5 Å². The molecular weight excluding hydrogens is 333 g/mol. The van der Waals surface area contributed by atoms with Crippen LogP contribution in [0.2, 0.25) is 0 Å². The molecule has 2 aromatic rings. The number of carbonyl (C=O) groups excluding carboxylic acids is 1. The van der Waals surface area contributed by atoms with Crippen LogP contribution in [0, 0.1) is 5.82 Å². The van der Waals surface area contributed by atoms with Crippen molar-refractivity contribution in [1.29, 1.82) is 0 Å². The Labute approximate surface area is 142 Å². The molecule has 1 unspecified atom stereocenters. The van der Waals surface area contributed by atoms with Gasteiger partial charge in [0.05, 0.1) is 12.6 Å². The van der Waals surface area contributed by atoms with Crippen molar-refractivity contribution in [2.75, 3.05) is 17.7 Å². The molecule has 0 aliphatic carbocycles. The smallest absolute Gasteiger partial charge is 0.225 e. The fourth-order valence-electron chi connectivity index (χ4n) is 2.39. The summed E-state index contributed by atoms with van der Waals surface area (Å²) < 4.78 is 20.1. The Balaban J connectivity index is 1.43. The molecule has 2 heterocycles. The van der Waals surface area contributed by atoms with E-state index in [9.17, 15) is 9.18 Å². The van der Waals surface area contributed by atoms with Crippen molar-refractivity contribution in [2.45, 2.75) is 37.1 Å². The lowest BCUT2D eigenvalue weighted by Crippen LogP contribution is -2.17. The fourth-order valence-corrected chi connectivity index (χ4v) is 3.21. The Hall–Kier alpha value is -2.00. The zero-order chi connectivity index (χ0) is 16.8. The molecule has 1 aromatic heterocycles. The molecular formula is C15H18FN5O2S. The summed E-state index contributed by atoms with van der Waals surface area (Å²) in [6, 6.07) is 5.68. The summed E-state index contributed by atoms with van der Waals surface area (Å²) in [5.74, 6) is 0.0905. The molecule has 0 spiro atoms. The summed E-state index contributed by atoms with van der Waals surface area (Å²) in [5, 5.41) is 15.1. The predicted octanol–water partition coefficient (Wildman–Crippen LogP) is 2.11. The molecule has 1 N–H and O–H groups in total. The lowest BCUT2D eigenvalue weighted by molar-refractivity contribution is -0.115. The van der Waals surface area contributed by atoms with Crippen molar-refractivity contribution in [2.24, 2.45) is 0 Å². The first-order chi connectivity index (χ1) is 11.7. The van der Waals surface area contributed by atoms with Gasteiger partial charge in [0.1, 0.15) is 5.82 Å². The number of amides is 1. The number of anilines is 1. The average Bonchev–Trinajstić information content (AvgIpc) is 3.23. The summed E-state index contributed by atoms with van der Waals surface area (Å²) >= 11 is 1.43. The lowest BCUT2D eigenvalue weighted by atomic mass is 10.2. The molecule has 1 amide bonds. The number of ether oxygens (including phenoxy) is 1. The largest absolute Gasteiger partial charge is 0.376 e. The number of thioether (sulfide) groups is 1. The predicted molar refractivity (Wildman–Crippen MR) is 87.2 cm³/mol. The maximum absolute atomic E-state index is 12.8. The van der Waals surface area contributed by atoms with E-state index in [4.69, 9.17) is 4.74 Å². The van der Waals surface area contributed by atoms with Crippen molar-refractivity contribution >= 4 is 23.4 Å². The van der Waals surface area contributed by atoms with Gasteiger partial charge in [-0.1, -0.05) is 11.8 Å². The summed E-state index contributed by atoms with van der Waals surface area (Å²) in [6.07, 6.45) is 2.56. The van der Waals surface area contributed by atoms with E-state index in [2.05, 4.69) is 20.8 Å². The lowest BCUT2D eigenvalue weighted by Gasteiger charge is -2.10. The minimum absolute atomic E-state index is 0.132. The Bertz CT molecular complexity index is 673. The molecule has 0 radical (unpaired) electrons. The second-order valence-electron chi connectivity index (χ2n) is 5.43. The van der Waals surface area contributed by atoms with Gasteiger partial charge in [-0.2, -0.15) is 0 Å². The molecule has 0 bridgehead atoms. The second-order valence-corrected chi connectivity index (χ2v) is 6.49. The first-order valence-electron chi connectivity index (χ1n) is 7.77. The van der Waals surface area contributed by atoms with Gasteiger partial charge in [0.15, 0.2) is 0 Å². The SMILES string of the molecule is O=C(CCSc1nnnn1CC1CCCO1)Nc1ccc(F)cc1. The minimum Gasteiger partial charge on any atom is -0.376 e. The topological polar surface area (TPSA) is 81.9 Å². The van der Waals surface area contributed by atoms with Crippen molar-refractivity contribution in [3.05, 3.63) is 30.1 Å². The number of nitrogens with one attached hydrogen (secondary N) is 1. The van der Waals surface area contributed by atoms with Crippen LogP contribution in [0.4, 0.5) is 10.1 Å². The Morgan fingerprint density at radius 3 is 3.00 bits per heavy atom. The number of carbonyl (C=O) groups is 1. The van der Waals surface area contributed by atoms with Gasteiger partial charge in [-0.15, -0.1) is 5.10 Å². The normalized spacial score (nSPS) is 17.1. The van der Waals surface area contributed by atoms with E-state index in [-0.39, 0.29) is 17.8 Å². The zero-order valence-corrected chi connectivity index (χ0v) is 13.8. The molecule has 1 atom stereocenters. The number of hydrogen-bond acceptors (Lipinski definition) is 6. The number of aromatic nitrogens is 4. The Kier molecular flexibility index (Phi) is 5.76. The molecule has 128 valence electrons.